The maximum absolute atomic E-state index is 13.0. The van der Waals surface area contributed by atoms with Gasteiger partial charge in [0.1, 0.15) is 12.4 Å². The first-order valence-corrected chi connectivity index (χ1v) is 10.6. The van der Waals surface area contributed by atoms with Crippen LogP contribution in [0.1, 0.15) is 35.5 Å². The topological polar surface area (TPSA) is 87.8 Å². The molecule has 8 heteroatoms. The SMILES string of the molecule is C=CCOc1ccc(C(=O)N2CCc3c(nc(N4CC(C)OC(C)C4)[nH]c3=O)C2)cc1. The van der Waals surface area contributed by atoms with Gasteiger partial charge in [0.15, 0.2) is 0 Å². The molecule has 2 atom stereocenters. The largest absolute Gasteiger partial charge is 0.490 e. The minimum atomic E-state index is -0.123. The first-order chi connectivity index (χ1) is 14.9. The molecule has 1 aromatic heterocycles. The van der Waals surface area contributed by atoms with Gasteiger partial charge in [-0.05, 0) is 44.5 Å². The molecule has 1 fully saturated rings. The number of carbonyl (C=O) groups excluding carboxylic acids is 1. The van der Waals surface area contributed by atoms with Crippen LogP contribution in [0.2, 0.25) is 0 Å². The summed E-state index contributed by atoms with van der Waals surface area (Å²) in [5, 5.41) is 0. The third-order valence-electron chi connectivity index (χ3n) is 5.54. The van der Waals surface area contributed by atoms with Crippen LogP contribution in [0.5, 0.6) is 5.75 Å². The van der Waals surface area contributed by atoms with Gasteiger partial charge in [0, 0.05) is 30.8 Å². The van der Waals surface area contributed by atoms with Crippen LogP contribution in [0, 0.1) is 0 Å². The van der Waals surface area contributed by atoms with E-state index in [2.05, 4.69) is 11.6 Å². The van der Waals surface area contributed by atoms with E-state index in [0.29, 0.717) is 67.7 Å². The van der Waals surface area contributed by atoms with Crippen molar-refractivity contribution in [2.45, 2.75) is 39.0 Å². The second-order valence-corrected chi connectivity index (χ2v) is 8.08. The van der Waals surface area contributed by atoms with Crippen molar-refractivity contribution in [3.05, 3.63) is 64.1 Å². The molecule has 1 aromatic carbocycles. The maximum Gasteiger partial charge on any atom is 0.255 e. The molecule has 0 radical (unpaired) electrons. The average Bonchev–Trinajstić information content (AvgIpc) is 2.76. The van der Waals surface area contributed by atoms with Crippen LogP contribution in [0.4, 0.5) is 5.95 Å². The molecule has 0 bridgehead atoms. The lowest BCUT2D eigenvalue weighted by Crippen LogP contribution is -2.47. The fraction of sp³-hybridized carbons (Fsp3) is 0.435. The second-order valence-electron chi connectivity index (χ2n) is 8.08. The van der Waals surface area contributed by atoms with E-state index in [9.17, 15) is 9.59 Å². The molecule has 2 aliphatic heterocycles. The molecule has 2 unspecified atom stereocenters. The van der Waals surface area contributed by atoms with Crippen molar-refractivity contribution in [2.24, 2.45) is 0 Å². The molecule has 2 aliphatic rings. The van der Waals surface area contributed by atoms with Crippen molar-refractivity contribution < 1.29 is 14.3 Å². The third kappa shape index (κ3) is 4.64. The summed E-state index contributed by atoms with van der Waals surface area (Å²) in [6, 6.07) is 7.06. The Morgan fingerprint density at radius 1 is 1.29 bits per heavy atom. The minimum Gasteiger partial charge on any atom is -0.490 e. The Kier molecular flexibility index (Phi) is 6.08. The van der Waals surface area contributed by atoms with Crippen LogP contribution in [0.15, 0.2) is 41.7 Å². The molecule has 0 spiro atoms. The highest BCUT2D eigenvalue weighted by atomic mass is 16.5. The van der Waals surface area contributed by atoms with Crippen LogP contribution >= 0.6 is 0 Å². The Morgan fingerprint density at radius 2 is 2.00 bits per heavy atom. The number of aromatic nitrogens is 2. The molecule has 31 heavy (non-hydrogen) atoms. The van der Waals surface area contributed by atoms with E-state index in [1.54, 1.807) is 35.2 Å². The number of ether oxygens (including phenoxy) is 2. The van der Waals surface area contributed by atoms with E-state index in [-0.39, 0.29) is 23.7 Å². The first kappa shape index (κ1) is 21.1. The highest BCUT2D eigenvalue weighted by molar-refractivity contribution is 5.94. The van der Waals surface area contributed by atoms with Gasteiger partial charge in [-0.25, -0.2) is 4.98 Å². The number of fused-ring (bicyclic) bond motifs is 1. The smallest absolute Gasteiger partial charge is 0.255 e. The van der Waals surface area contributed by atoms with E-state index < -0.39 is 0 Å². The molecule has 2 aromatic rings. The summed E-state index contributed by atoms with van der Waals surface area (Å²) in [6.07, 6.45) is 2.27. The molecule has 4 rings (SSSR count). The fourth-order valence-corrected chi connectivity index (χ4v) is 4.13. The second kappa shape index (κ2) is 8.93. The molecule has 1 saturated heterocycles. The van der Waals surface area contributed by atoms with E-state index in [0.717, 1.165) is 0 Å². The molecule has 8 nitrogen and oxygen atoms in total. The lowest BCUT2D eigenvalue weighted by atomic mass is 10.1. The number of anilines is 1. The summed E-state index contributed by atoms with van der Waals surface area (Å²) in [4.78, 5) is 37.1. The van der Waals surface area contributed by atoms with Gasteiger partial charge < -0.3 is 19.3 Å². The van der Waals surface area contributed by atoms with Crippen molar-refractivity contribution in [3.63, 3.8) is 0 Å². The number of rotatable bonds is 5. The number of H-pyrrole nitrogens is 1. The number of carbonyl (C=O) groups is 1. The van der Waals surface area contributed by atoms with E-state index in [4.69, 9.17) is 14.5 Å². The highest BCUT2D eigenvalue weighted by Gasteiger charge is 2.28. The number of hydrogen-bond acceptors (Lipinski definition) is 6. The zero-order valence-corrected chi connectivity index (χ0v) is 18.0. The predicted molar refractivity (Wildman–Crippen MR) is 118 cm³/mol. The summed E-state index contributed by atoms with van der Waals surface area (Å²) in [5.74, 6) is 1.15. The normalized spacial score (nSPS) is 20.8. The van der Waals surface area contributed by atoms with Crippen molar-refractivity contribution in [1.29, 1.82) is 0 Å². The van der Waals surface area contributed by atoms with Crippen molar-refractivity contribution in [3.8, 4) is 5.75 Å². The van der Waals surface area contributed by atoms with Gasteiger partial charge in [-0.2, -0.15) is 0 Å². The summed E-state index contributed by atoms with van der Waals surface area (Å²) < 4.78 is 11.3. The number of aromatic amines is 1. The molecule has 164 valence electrons. The zero-order chi connectivity index (χ0) is 22.0. The van der Waals surface area contributed by atoms with Crippen LogP contribution in [-0.2, 0) is 17.7 Å². The lowest BCUT2D eigenvalue weighted by Gasteiger charge is -2.36. The standard InChI is InChI=1S/C23H28N4O4/c1-4-11-30-18-7-5-17(6-8-18)22(29)26-10-9-19-20(14-26)24-23(25-21(19)28)27-12-15(2)31-16(3)13-27/h4-8,15-16H,1,9-14H2,2-3H3,(H,24,25,28). The Balaban J connectivity index is 1.52. The molecule has 3 heterocycles. The van der Waals surface area contributed by atoms with Crippen LogP contribution in [0.3, 0.4) is 0 Å². The van der Waals surface area contributed by atoms with Crippen LogP contribution in [-0.4, -0.2) is 59.2 Å². The summed E-state index contributed by atoms with van der Waals surface area (Å²) in [5.41, 5.74) is 1.78. The minimum absolute atomic E-state index is 0.0570. The van der Waals surface area contributed by atoms with E-state index in [1.807, 2.05) is 18.7 Å². The van der Waals surface area contributed by atoms with Gasteiger partial charge in [-0.15, -0.1) is 0 Å². The molecular weight excluding hydrogens is 396 g/mol. The lowest BCUT2D eigenvalue weighted by molar-refractivity contribution is -0.00575. The monoisotopic (exact) mass is 424 g/mol. The first-order valence-electron chi connectivity index (χ1n) is 10.6. The Morgan fingerprint density at radius 3 is 2.68 bits per heavy atom. The summed E-state index contributed by atoms with van der Waals surface area (Å²) in [7, 11) is 0. The van der Waals surface area contributed by atoms with Crippen molar-refractivity contribution in [1.82, 2.24) is 14.9 Å². The fourth-order valence-electron chi connectivity index (χ4n) is 4.13. The van der Waals surface area contributed by atoms with Crippen LogP contribution < -0.4 is 15.2 Å². The van der Waals surface area contributed by atoms with Gasteiger partial charge in [0.25, 0.3) is 11.5 Å². The number of morpholine rings is 1. The summed E-state index contributed by atoms with van der Waals surface area (Å²) >= 11 is 0. The zero-order valence-electron chi connectivity index (χ0n) is 18.0. The van der Waals surface area contributed by atoms with Crippen molar-refractivity contribution >= 4 is 11.9 Å². The summed E-state index contributed by atoms with van der Waals surface area (Å²) in [6.45, 7) is 10.2. The Hall–Kier alpha value is -3.13. The van der Waals surface area contributed by atoms with E-state index in [1.165, 1.54) is 0 Å². The van der Waals surface area contributed by atoms with Gasteiger partial charge in [0.2, 0.25) is 5.95 Å². The van der Waals surface area contributed by atoms with Gasteiger partial charge in [0.05, 0.1) is 24.4 Å². The van der Waals surface area contributed by atoms with Crippen molar-refractivity contribution in [2.75, 3.05) is 31.1 Å². The quantitative estimate of drug-likeness (QED) is 0.740. The number of nitrogens with zero attached hydrogens (tertiary/aromatic N) is 3. The molecular formula is C23H28N4O4. The maximum atomic E-state index is 13.0. The third-order valence-corrected chi connectivity index (χ3v) is 5.54. The van der Waals surface area contributed by atoms with Gasteiger partial charge in [-0.3, -0.25) is 14.6 Å². The number of amides is 1. The van der Waals surface area contributed by atoms with E-state index >= 15 is 0 Å². The van der Waals surface area contributed by atoms with Gasteiger partial charge >= 0.3 is 0 Å². The Bertz CT molecular complexity index is 1010. The Labute approximate surface area is 181 Å². The molecule has 1 N–H and O–H groups in total. The average molecular weight is 425 g/mol. The molecule has 0 saturated carbocycles. The molecule has 0 aliphatic carbocycles. The predicted octanol–water partition coefficient (Wildman–Crippen LogP) is 2.15. The molecule has 1 amide bonds. The number of nitrogens with one attached hydrogen (secondary N) is 1. The number of benzene rings is 1. The van der Waals surface area contributed by atoms with Crippen LogP contribution in [0.25, 0.3) is 0 Å². The highest BCUT2D eigenvalue weighted by Crippen LogP contribution is 2.21. The van der Waals surface area contributed by atoms with Gasteiger partial charge in [-0.1, -0.05) is 12.7 Å². The number of hydrogen-bond donors (Lipinski definition) is 1.